The lowest BCUT2D eigenvalue weighted by atomic mass is 10.0. The topological polar surface area (TPSA) is 29.3 Å². The number of anilines is 1. The first-order valence-corrected chi connectivity index (χ1v) is 8.18. The Labute approximate surface area is 125 Å². The van der Waals surface area contributed by atoms with E-state index in [1.165, 1.54) is 37.1 Å². The molecule has 0 spiro atoms. The van der Waals surface area contributed by atoms with Gasteiger partial charge >= 0.3 is 0 Å². The van der Waals surface area contributed by atoms with Crippen LogP contribution in [-0.4, -0.2) is 19.1 Å². The average Bonchev–Trinajstić information content (AvgIpc) is 3.12. The summed E-state index contributed by atoms with van der Waals surface area (Å²) >= 11 is 3.58. The summed E-state index contributed by atoms with van der Waals surface area (Å²) in [6.45, 7) is 6.69. The third-order valence-corrected chi connectivity index (χ3v) is 4.09. The van der Waals surface area contributed by atoms with E-state index in [0.717, 1.165) is 23.4 Å². The molecule has 3 heteroatoms. The summed E-state index contributed by atoms with van der Waals surface area (Å²) in [4.78, 5) is 2.56. The molecule has 1 fully saturated rings. The third-order valence-electron chi connectivity index (χ3n) is 3.59. The van der Waals surface area contributed by atoms with E-state index in [1.807, 2.05) is 0 Å². The number of nitrogens with zero attached hydrogens (tertiary/aromatic N) is 1. The van der Waals surface area contributed by atoms with Gasteiger partial charge in [0.05, 0.1) is 0 Å². The Kier molecular flexibility index (Phi) is 5.28. The Morgan fingerprint density at radius 3 is 2.74 bits per heavy atom. The van der Waals surface area contributed by atoms with Crippen molar-refractivity contribution in [1.82, 2.24) is 0 Å². The van der Waals surface area contributed by atoms with Crippen molar-refractivity contribution in [2.45, 2.75) is 45.6 Å². The van der Waals surface area contributed by atoms with Crippen molar-refractivity contribution in [3.05, 3.63) is 28.2 Å². The maximum absolute atomic E-state index is 6.00. The minimum atomic E-state index is 0.206. The molecule has 1 aliphatic carbocycles. The lowest BCUT2D eigenvalue weighted by molar-refractivity contribution is 0.692. The smallest absolute Gasteiger partial charge is 0.0400 e. The molecule has 1 aliphatic rings. The van der Waals surface area contributed by atoms with Gasteiger partial charge in [0, 0.05) is 29.3 Å². The first kappa shape index (κ1) is 14.9. The van der Waals surface area contributed by atoms with E-state index in [4.69, 9.17) is 5.73 Å². The van der Waals surface area contributed by atoms with Gasteiger partial charge in [-0.2, -0.15) is 0 Å². The van der Waals surface area contributed by atoms with Crippen LogP contribution in [0.25, 0.3) is 0 Å². The lowest BCUT2D eigenvalue weighted by Crippen LogP contribution is -2.28. The largest absolute Gasteiger partial charge is 0.371 e. The van der Waals surface area contributed by atoms with Crippen LogP contribution in [-0.2, 0) is 6.42 Å². The van der Waals surface area contributed by atoms with Crippen molar-refractivity contribution >= 4 is 21.6 Å². The molecule has 1 aromatic rings. The van der Waals surface area contributed by atoms with E-state index in [0.29, 0.717) is 0 Å². The number of hydrogen-bond donors (Lipinski definition) is 1. The third kappa shape index (κ3) is 4.50. The zero-order valence-electron chi connectivity index (χ0n) is 12.0. The fourth-order valence-electron chi connectivity index (χ4n) is 2.57. The molecule has 0 saturated heterocycles. The summed E-state index contributed by atoms with van der Waals surface area (Å²) in [5.41, 5.74) is 8.75. The second kappa shape index (κ2) is 6.76. The molecular formula is C16H25BrN2. The highest BCUT2D eigenvalue weighted by Crippen LogP contribution is 2.33. The molecule has 106 valence electrons. The van der Waals surface area contributed by atoms with Crippen LogP contribution < -0.4 is 10.6 Å². The second-order valence-corrected chi connectivity index (χ2v) is 6.76. The Morgan fingerprint density at radius 2 is 2.16 bits per heavy atom. The average molecular weight is 325 g/mol. The molecule has 0 aliphatic heterocycles. The zero-order valence-corrected chi connectivity index (χ0v) is 13.6. The van der Waals surface area contributed by atoms with Gasteiger partial charge in [0.25, 0.3) is 0 Å². The van der Waals surface area contributed by atoms with Crippen LogP contribution >= 0.6 is 15.9 Å². The Bertz CT molecular complexity index is 413. The fourth-order valence-corrected chi connectivity index (χ4v) is 2.97. The van der Waals surface area contributed by atoms with E-state index in [2.05, 4.69) is 52.9 Å². The lowest BCUT2D eigenvalue weighted by Gasteiger charge is -2.27. The quantitative estimate of drug-likeness (QED) is 0.822. The normalized spacial score (nSPS) is 16.4. The first-order chi connectivity index (χ1) is 9.10. The molecule has 1 atom stereocenters. The predicted octanol–water partition coefficient (Wildman–Crippen LogP) is 3.97. The molecule has 0 heterocycles. The van der Waals surface area contributed by atoms with Gasteiger partial charge in [-0.25, -0.2) is 0 Å². The molecule has 2 nitrogen and oxygen atoms in total. The molecule has 0 amide bonds. The van der Waals surface area contributed by atoms with E-state index >= 15 is 0 Å². The molecule has 1 aromatic carbocycles. The van der Waals surface area contributed by atoms with Crippen LogP contribution in [0.2, 0.25) is 0 Å². The fraction of sp³-hybridized carbons (Fsp3) is 0.625. The summed E-state index contributed by atoms with van der Waals surface area (Å²) < 4.78 is 1.15. The van der Waals surface area contributed by atoms with Crippen molar-refractivity contribution in [1.29, 1.82) is 0 Å². The number of halogens is 1. The molecule has 0 aromatic heterocycles. The second-order valence-electron chi connectivity index (χ2n) is 5.84. The van der Waals surface area contributed by atoms with Crippen LogP contribution in [0, 0.1) is 5.92 Å². The van der Waals surface area contributed by atoms with Crippen molar-refractivity contribution in [3.8, 4) is 0 Å². The van der Waals surface area contributed by atoms with Crippen LogP contribution in [0.1, 0.15) is 38.7 Å². The van der Waals surface area contributed by atoms with Gasteiger partial charge in [-0.3, -0.25) is 0 Å². The Hall–Kier alpha value is -0.540. The van der Waals surface area contributed by atoms with Crippen LogP contribution in [0.3, 0.4) is 0 Å². The minimum absolute atomic E-state index is 0.206. The van der Waals surface area contributed by atoms with Crippen molar-refractivity contribution in [2.24, 2.45) is 11.7 Å². The van der Waals surface area contributed by atoms with Gasteiger partial charge in [-0.05, 0) is 62.3 Å². The number of nitrogens with two attached hydrogens (primary N) is 1. The van der Waals surface area contributed by atoms with Crippen LogP contribution in [0.4, 0.5) is 5.69 Å². The maximum Gasteiger partial charge on any atom is 0.0400 e. The standard InChI is InChI=1S/C16H25BrN2/c1-3-8-19(11-13-4-5-13)16-7-6-15(17)10-14(16)9-12(2)18/h6-7,10,12-13H,3-5,8-9,11,18H2,1-2H3. The molecule has 0 bridgehead atoms. The maximum atomic E-state index is 6.00. The summed E-state index contributed by atoms with van der Waals surface area (Å²) in [6.07, 6.45) is 4.94. The van der Waals surface area contributed by atoms with Gasteiger partial charge < -0.3 is 10.6 Å². The van der Waals surface area contributed by atoms with Crippen molar-refractivity contribution in [3.63, 3.8) is 0 Å². The van der Waals surface area contributed by atoms with E-state index in [9.17, 15) is 0 Å². The SMILES string of the molecule is CCCN(CC1CC1)c1ccc(Br)cc1CC(C)N. The van der Waals surface area contributed by atoms with Gasteiger partial charge in [0.2, 0.25) is 0 Å². The van der Waals surface area contributed by atoms with Gasteiger partial charge in [0.15, 0.2) is 0 Å². The van der Waals surface area contributed by atoms with E-state index in [1.54, 1.807) is 0 Å². The van der Waals surface area contributed by atoms with Crippen molar-refractivity contribution in [2.75, 3.05) is 18.0 Å². The summed E-state index contributed by atoms with van der Waals surface area (Å²) in [7, 11) is 0. The van der Waals surface area contributed by atoms with Crippen LogP contribution in [0.15, 0.2) is 22.7 Å². The minimum Gasteiger partial charge on any atom is -0.371 e. The summed E-state index contributed by atoms with van der Waals surface area (Å²) in [5.74, 6) is 0.915. The molecule has 2 rings (SSSR count). The van der Waals surface area contributed by atoms with E-state index < -0.39 is 0 Å². The van der Waals surface area contributed by atoms with E-state index in [-0.39, 0.29) is 6.04 Å². The Balaban J connectivity index is 2.22. The molecule has 0 radical (unpaired) electrons. The zero-order chi connectivity index (χ0) is 13.8. The van der Waals surface area contributed by atoms with Crippen molar-refractivity contribution < 1.29 is 0 Å². The summed E-state index contributed by atoms with van der Waals surface area (Å²) in [5, 5.41) is 0. The molecule has 1 unspecified atom stereocenters. The highest BCUT2D eigenvalue weighted by Gasteiger charge is 2.25. The molecule has 19 heavy (non-hydrogen) atoms. The van der Waals surface area contributed by atoms with Gasteiger partial charge in [-0.15, -0.1) is 0 Å². The molecule has 2 N–H and O–H groups in total. The molecule has 1 saturated carbocycles. The first-order valence-electron chi connectivity index (χ1n) is 7.39. The Morgan fingerprint density at radius 1 is 1.42 bits per heavy atom. The van der Waals surface area contributed by atoms with Crippen LogP contribution in [0.5, 0.6) is 0 Å². The monoisotopic (exact) mass is 324 g/mol. The number of benzene rings is 1. The summed E-state index contributed by atoms with van der Waals surface area (Å²) in [6, 6.07) is 6.83. The number of rotatable bonds is 7. The van der Waals surface area contributed by atoms with Gasteiger partial charge in [-0.1, -0.05) is 22.9 Å². The highest BCUT2D eigenvalue weighted by molar-refractivity contribution is 9.10. The predicted molar refractivity (Wildman–Crippen MR) is 86.7 cm³/mol. The number of hydrogen-bond acceptors (Lipinski definition) is 2. The highest BCUT2D eigenvalue weighted by atomic mass is 79.9. The van der Waals surface area contributed by atoms with Gasteiger partial charge in [0.1, 0.15) is 0 Å². The molecular weight excluding hydrogens is 300 g/mol.